The van der Waals surface area contributed by atoms with Crippen molar-refractivity contribution in [2.45, 2.75) is 0 Å². The summed E-state index contributed by atoms with van der Waals surface area (Å²) < 4.78 is 0. The molecule has 0 radical (unpaired) electrons. The molecule has 0 spiro atoms. The van der Waals surface area contributed by atoms with Crippen LogP contribution < -0.4 is 0 Å². The molecule has 1 heterocycles. The summed E-state index contributed by atoms with van der Waals surface area (Å²) in [4.78, 5) is 4.13. The van der Waals surface area contributed by atoms with Crippen LogP contribution in [0.5, 0.6) is 0 Å². The molecule has 88 valence electrons. The number of nitrogens with zero attached hydrogens (tertiary/aromatic N) is 2. The Morgan fingerprint density at radius 1 is 1.11 bits per heavy atom. The van der Waals surface area contributed by atoms with E-state index in [4.69, 9.17) is 23.2 Å². The van der Waals surface area contributed by atoms with E-state index in [9.17, 15) is 5.26 Å². The smallest absolute Gasteiger partial charge is 0.101 e. The number of aromatic nitrogens is 1. The van der Waals surface area contributed by atoms with Crippen molar-refractivity contribution in [3.8, 4) is 6.07 Å². The number of halogens is 2. The quantitative estimate of drug-likeness (QED) is 0.759. The Kier molecular flexibility index (Phi) is 3.99. The minimum atomic E-state index is 0.422. The monoisotopic (exact) mass is 274 g/mol. The van der Waals surface area contributed by atoms with E-state index < -0.39 is 0 Å². The second-order valence-corrected chi connectivity index (χ2v) is 4.33. The Balaban J connectivity index is 2.53. The number of hydrogen-bond donors (Lipinski definition) is 0. The first-order valence-corrected chi connectivity index (χ1v) is 5.95. The lowest BCUT2D eigenvalue weighted by molar-refractivity contribution is 1.28. The van der Waals surface area contributed by atoms with Gasteiger partial charge < -0.3 is 0 Å². The van der Waals surface area contributed by atoms with Gasteiger partial charge in [0, 0.05) is 21.8 Å². The van der Waals surface area contributed by atoms with Crippen molar-refractivity contribution in [1.29, 1.82) is 5.26 Å². The standard InChI is InChI=1S/C14H8Cl2N2/c15-12-4-3-5-13(16)11(12)8-10(9-17)14-6-1-2-7-18-14/h1-8H/b10-8+. The first-order valence-electron chi connectivity index (χ1n) is 5.19. The van der Waals surface area contributed by atoms with E-state index in [0.29, 0.717) is 26.9 Å². The van der Waals surface area contributed by atoms with E-state index in [1.165, 1.54) is 0 Å². The van der Waals surface area contributed by atoms with Gasteiger partial charge in [0.15, 0.2) is 0 Å². The van der Waals surface area contributed by atoms with Crippen LogP contribution in [0, 0.1) is 11.3 Å². The Labute approximate surface area is 115 Å². The second-order valence-electron chi connectivity index (χ2n) is 3.52. The van der Waals surface area contributed by atoms with Gasteiger partial charge >= 0.3 is 0 Å². The number of nitriles is 1. The summed E-state index contributed by atoms with van der Waals surface area (Å²) in [6.45, 7) is 0. The van der Waals surface area contributed by atoms with Crippen molar-refractivity contribution in [2.24, 2.45) is 0 Å². The molecule has 0 aliphatic carbocycles. The van der Waals surface area contributed by atoms with Gasteiger partial charge in [-0.25, -0.2) is 0 Å². The summed E-state index contributed by atoms with van der Waals surface area (Å²) in [6, 6.07) is 12.7. The van der Waals surface area contributed by atoms with Gasteiger partial charge in [0.1, 0.15) is 6.07 Å². The van der Waals surface area contributed by atoms with Gasteiger partial charge in [0.05, 0.1) is 11.3 Å². The van der Waals surface area contributed by atoms with Gasteiger partial charge in [-0.1, -0.05) is 35.3 Å². The number of allylic oxidation sites excluding steroid dienone is 1. The van der Waals surface area contributed by atoms with E-state index in [1.54, 1.807) is 42.6 Å². The van der Waals surface area contributed by atoms with Crippen LogP contribution in [0.25, 0.3) is 11.6 Å². The summed E-state index contributed by atoms with van der Waals surface area (Å²) in [5.41, 5.74) is 1.64. The zero-order valence-corrected chi connectivity index (χ0v) is 10.8. The molecule has 0 amide bonds. The molecule has 0 aliphatic heterocycles. The molecule has 1 aromatic heterocycles. The second kappa shape index (κ2) is 5.68. The van der Waals surface area contributed by atoms with Crippen molar-refractivity contribution in [3.63, 3.8) is 0 Å². The van der Waals surface area contributed by atoms with Gasteiger partial charge in [0.2, 0.25) is 0 Å². The summed E-state index contributed by atoms with van der Waals surface area (Å²) in [5, 5.41) is 10.2. The molecule has 0 N–H and O–H groups in total. The highest BCUT2D eigenvalue weighted by atomic mass is 35.5. The van der Waals surface area contributed by atoms with Crippen molar-refractivity contribution < 1.29 is 0 Å². The first kappa shape index (κ1) is 12.6. The van der Waals surface area contributed by atoms with Crippen molar-refractivity contribution in [3.05, 3.63) is 63.9 Å². The zero-order valence-electron chi connectivity index (χ0n) is 9.27. The fourth-order valence-electron chi connectivity index (χ4n) is 1.48. The molecular formula is C14H8Cl2N2. The van der Waals surface area contributed by atoms with E-state index in [0.717, 1.165) is 0 Å². The highest BCUT2D eigenvalue weighted by Gasteiger charge is 2.06. The summed E-state index contributed by atoms with van der Waals surface area (Å²) in [5.74, 6) is 0. The lowest BCUT2D eigenvalue weighted by atomic mass is 10.1. The van der Waals surface area contributed by atoms with Crippen LogP contribution in [0.4, 0.5) is 0 Å². The van der Waals surface area contributed by atoms with Crippen LogP contribution in [0.2, 0.25) is 10.0 Å². The predicted octanol–water partition coefficient (Wildman–Crippen LogP) is 4.45. The van der Waals surface area contributed by atoms with Crippen molar-refractivity contribution in [1.82, 2.24) is 4.98 Å². The van der Waals surface area contributed by atoms with E-state index in [-0.39, 0.29) is 0 Å². The average Bonchev–Trinajstić information content (AvgIpc) is 2.40. The van der Waals surface area contributed by atoms with Crippen LogP contribution in [-0.2, 0) is 0 Å². The molecule has 0 atom stereocenters. The minimum Gasteiger partial charge on any atom is -0.256 e. The molecule has 0 unspecified atom stereocenters. The third-order valence-corrected chi connectivity index (χ3v) is 3.01. The Bertz CT molecular complexity index is 608. The molecular weight excluding hydrogens is 267 g/mol. The summed E-state index contributed by atoms with van der Waals surface area (Å²) in [7, 11) is 0. The SMILES string of the molecule is N#C/C(=C\c1c(Cl)cccc1Cl)c1ccccn1. The van der Waals surface area contributed by atoms with Gasteiger partial charge in [-0.3, -0.25) is 4.98 Å². The number of hydrogen-bond acceptors (Lipinski definition) is 2. The van der Waals surface area contributed by atoms with Crippen LogP contribution in [0.3, 0.4) is 0 Å². The van der Waals surface area contributed by atoms with E-state index >= 15 is 0 Å². The Hall–Kier alpha value is -1.82. The number of benzene rings is 1. The summed E-state index contributed by atoms with van der Waals surface area (Å²) in [6.07, 6.45) is 3.28. The number of rotatable bonds is 2. The van der Waals surface area contributed by atoms with E-state index in [2.05, 4.69) is 11.1 Å². The third-order valence-electron chi connectivity index (χ3n) is 2.35. The Morgan fingerprint density at radius 2 is 1.83 bits per heavy atom. The average molecular weight is 275 g/mol. The predicted molar refractivity (Wildman–Crippen MR) is 74.2 cm³/mol. The molecule has 0 saturated heterocycles. The maximum Gasteiger partial charge on any atom is 0.101 e. The van der Waals surface area contributed by atoms with E-state index in [1.807, 2.05) is 6.07 Å². The van der Waals surface area contributed by atoms with Crippen LogP contribution >= 0.6 is 23.2 Å². The molecule has 0 saturated carbocycles. The third kappa shape index (κ3) is 2.70. The molecule has 18 heavy (non-hydrogen) atoms. The minimum absolute atomic E-state index is 0.422. The van der Waals surface area contributed by atoms with Gasteiger partial charge in [0.25, 0.3) is 0 Å². The molecule has 0 bridgehead atoms. The normalized spacial score (nSPS) is 11.1. The molecule has 0 aliphatic rings. The Morgan fingerprint density at radius 3 is 2.39 bits per heavy atom. The zero-order chi connectivity index (χ0) is 13.0. The lowest BCUT2D eigenvalue weighted by Crippen LogP contribution is -1.87. The molecule has 2 aromatic rings. The largest absolute Gasteiger partial charge is 0.256 e. The fraction of sp³-hybridized carbons (Fsp3) is 0. The molecule has 0 fully saturated rings. The maximum atomic E-state index is 9.18. The number of pyridine rings is 1. The topological polar surface area (TPSA) is 36.7 Å². The highest BCUT2D eigenvalue weighted by Crippen LogP contribution is 2.28. The first-order chi connectivity index (χ1) is 8.72. The fourth-order valence-corrected chi connectivity index (χ4v) is 1.99. The van der Waals surface area contributed by atoms with Gasteiger partial charge in [-0.2, -0.15) is 5.26 Å². The van der Waals surface area contributed by atoms with Crippen molar-refractivity contribution >= 4 is 34.9 Å². The molecule has 2 nitrogen and oxygen atoms in total. The highest BCUT2D eigenvalue weighted by molar-refractivity contribution is 6.37. The van der Waals surface area contributed by atoms with Crippen LogP contribution in [0.1, 0.15) is 11.3 Å². The van der Waals surface area contributed by atoms with Crippen LogP contribution in [-0.4, -0.2) is 4.98 Å². The van der Waals surface area contributed by atoms with Crippen LogP contribution in [0.15, 0.2) is 42.6 Å². The van der Waals surface area contributed by atoms with Gasteiger partial charge in [-0.15, -0.1) is 0 Å². The lowest BCUT2D eigenvalue weighted by Gasteiger charge is -2.03. The maximum absolute atomic E-state index is 9.18. The molecule has 2 rings (SSSR count). The molecule has 1 aromatic carbocycles. The van der Waals surface area contributed by atoms with Crippen molar-refractivity contribution in [2.75, 3.05) is 0 Å². The van der Waals surface area contributed by atoms with Gasteiger partial charge in [-0.05, 0) is 30.3 Å². The molecule has 4 heteroatoms. The summed E-state index contributed by atoms with van der Waals surface area (Å²) >= 11 is 12.1.